The highest BCUT2D eigenvalue weighted by Crippen LogP contribution is 2.32. The summed E-state index contributed by atoms with van der Waals surface area (Å²) in [6.45, 7) is -1.48. The molecule has 178 valence electrons. The Morgan fingerprint density at radius 3 is 2.29 bits per heavy atom. The van der Waals surface area contributed by atoms with Crippen molar-refractivity contribution in [2.45, 2.75) is 18.8 Å². The van der Waals surface area contributed by atoms with E-state index in [1.54, 1.807) is 30.3 Å². The van der Waals surface area contributed by atoms with Gasteiger partial charge in [-0.2, -0.15) is 8.78 Å². The normalized spacial score (nSPS) is 15.3. The average Bonchev–Trinajstić information content (AvgIpc) is 3.08. The van der Waals surface area contributed by atoms with Gasteiger partial charge in [0, 0.05) is 0 Å². The number of nitrogens with one attached hydrogen (secondary N) is 1. The molecule has 1 heterocycles. The molecular weight excluding hydrogens is 470 g/mol. The number of carbonyl (C=O) groups is 3. The van der Waals surface area contributed by atoms with Crippen LogP contribution < -0.4 is 25.4 Å². The molecular formula is C22H20F2N4O5S. The number of hydrogen-bond donors (Lipinski definition) is 2. The van der Waals surface area contributed by atoms with Crippen LogP contribution in [0.4, 0.5) is 19.3 Å². The fourth-order valence-corrected chi connectivity index (χ4v) is 3.80. The summed E-state index contributed by atoms with van der Waals surface area (Å²) in [4.78, 5) is 42.0. The second-order valence-corrected chi connectivity index (χ2v) is 8.13. The minimum absolute atomic E-state index is 0.0836. The number of anilines is 1. The van der Waals surface area contributed by atoms with Gasteiger partial charge in [0.15, 0.2) is 5.17 Å². The van der Waals surface area contributed by atoms with Gasteiger partial charge >= 0.3 is 12.6 Å². The molecule has 1 atom stereocenters. The van der Waals surface area contributed by atoms with Crippen molar-refractivity contribution in [1.29, 1.82) is 0 Å². The number of hydrogen-bond acceptors (Lipinski definition) is 7. The molecule has 34 heavy (non-hydrogen) atoms. The molecule has 9 nitrogen and oxygen atoms in total. The zero-order chi connectivity index (χ0) is 24.8. The standard InChI is InChI=1S/C22H20F2N4O5S/c1-12(18(29)27-21(25)31)34-22-26-17(11-13-3-7-15(32-2)8-4-13)19(30)28(22)14-5-9-16(10-6-14)33-20(23)24/h3-12,20H,1-2H3,(H3,25,27,29,31). The number of carbonyl (C=O) groups excluding carboxylic acids is 3. The molecule has 0 aromatic heterocycles. The van der Waals surface area contributed by atoms with Crippen molar-refractivity contribution < 1.29 is 32.6 Å². The molecule has 0 saturated carbocycles. The molecule has 1 aliphatic rings. The van der Waals surface area contributed by atoms with E-state index >= 15 is 0 Å². The maximum atomic E-state index is 13.2. The van der Waals surface area contributed by atoms with E-state index in [9.17, 15) is 23.2 Å². The summed E-state index contributed by atoms with van der Waals surface area (Å²) in [5, 5.41) is 1.30. The van der Waals surface area contributed by atoms with Crippen molar-refractivity contribution in [3.63, 3.8) is 0 Å². The number of nitrogens with zero attached hydrogens (tertiary/aromatic N) is 2. The second-order valence-electron chi connectivity index (χ2n) is 6.82. The Hall–Kier alpha value is -3.93. The first-order valence-electron chi connectivity index (χ1n) is 9.78. The summed E-state index contributed by atoms with van der Waals surface area (Å²) >= 11 is 0.922. The van der Waals surface area contributed by atoms with Gasteiger partial charge in [-0.1, -0.05) is 23.9 Å². The first kappa shape index (κ1) is 24.7. The van der Waals surface area contributed by atoms with Crippen molar-refractivity contribution >= 4 is 46.5 Å². The molecule has 1 unspecified atom stereocenters. The Morgan fingerprint density at radius 1 is 1.12 bits per heavy atom. The van der Waals surface area contributed by atoms with Gasteiger partial charge in [-0.05, 0) is 55.0 Å². The third-order valence-corrected chi connectivity index (χ3v) is 5.52. The summed E-state index contributed by atoms with van der Waals surface area (Å²) in [6.07, 6.45) is 1.56. The van der Waals surface area contributed by atoms with Crippen LogP contribution in [0.15, 0.2) is 59.2 Å². The van der Waals surface area contributed by atoms with Crippen LogP contribution in [0.25, 0.3) is 6.08 Å². The van der Waals surface area contributed by atoms with Crippen LogP contribution in [-0.2, 0) is 9.59 Å². The molecule has 4 amide bonds. The molecule has 2 aromatic carbocycles. The summed E-state index contributed by atoms with van der Waals surface area (Å²) < 4.78 is 34.4. The Morgan fingerprint density at radius 2 is 1.74 bits per heavy atom. The van der Waals surface area contributed by atoms with E-state index in [0.717, 1.165) is 11.8 Å². The third-order valence-electron chi connectivity index (χ3n) is 4.47. The van der Waals surface area contributed by atoms with Crippen LogP contribution in [0.1, 0.15) is 12.5 Å². The number of primary amides is 1. The lowest BCUT2D eigenvalue weighted by atomic mass is 10.2. The molecule has 0 saturated heterocycles. The summed E-state index contributed by atoms with van der Waals surface area (Å²) in [6, 6.07) is 11.3. The Bertz CT molecular complexity index is 1140. The van der Waals surface area contributed by atoms with E-state index in [2.05, 4.69) is 9.73 Å². The first-order chi connectivity index (χ1) is 16.2. The number of nitrogens with two attached hydrogens (primary N) is 1. The number of rotatable bonds is 7. The molecule has 0 radical (unpaired) electrons. The Labute approximate surface area is 197 Å². The number of aliphatic imine (C=N–C) groups is 1. The fourth-order valence-electron chi connectivity index (χ4n) is 2.87. The van der Waals surface area contributed by atoms with Gasteiger partial charge in [0.05, 0.1) is 18.0 Å². The van der Waals surface area contributed by atoms with E-state index in [4.69, 9.17) is 10.5 Å². The lowest BCUT2D eigenvalue weighted by Crippen LogP contribution is -2.41. The molecule has 2 aromatic rings. The van der Waals surface area contributed by atoms with Crippen LogP contribution in [0.3, 0.4) is 0 Å². The van der Waals surface area contributed by atoms with Gasteiger partial charge in [0.25, 0.3) is 5.91 Å². The lowest BCUT2D eigenvalue weighted by molar-refractivity contribution is -0.119. The van der Waals surface area contributed by atoms with Crippen LogP contribution in [0.5, 0.6) is 11.5 Å². The maximum absolute atomic E-state index is 13.2. The highest BCUT2D eigenvalue weighted by Gasteiger charge is 2.34. The maximum Gasteiger partial charge on any atom is 0.387 e. The van der Waals surface area contributed by atoms with E-state index in [1.165, 1.54) is 43.2 Å². The van der Waals surface area contributed by atoms with Gasteiger partial charge in [-0.3, -0.25) is 19.8 Å². The largest absolute Gasteiger partial charge is 0.497 e. The predicted molar refractivity (Wildman–Crippen MR) is 124 cm³/mol. The zero-order valence-electron chi connectivity index (χ0n) is 18.0. The fraction of sp³-hybridized carbons (Fsp3) is 0.182. The van der Waals surface area contributed by atoms with Crippen molar-refractivity contribution in [1.82, 2.24) is 5.32 Å². The SMILES string of the molecule is COc1ccc(C=C2N=C(SC(C)C(=O)NC(N)=O)N(c3ccc(OC(F)F)cc3)C2=O)cc1. The molecule has 1 aliphatic heterocycles. The Kier molecular flexibility index (Phi) is 7.84. The van der Waals surface area contributed by atoms with Gasteiger partial charge in [-0.15, -0.1) is 0 Å². The number of alkyl halides is 2. The highest BCUT2D eigenvalue weighted by molar-refractivity contribution is 8.15. The molecule has 12 heteroatoms. The number of methoxy groups -OCH3 is 1. The number of benzene rings is 2. The molecule has 3 rings (SSSR count). The number of amidine groups is 1. The van der Waals surface area contributed by atoms with Gasteiger partial charge in [-0.25, -0.2) is 9.79 Å². The quantitative estimate of drug-likeness (QED) is 0.574. The summed E-state index contributed by atoms with van der Waals surface area (Å²) in [5.41, 5.74) is 6.08. The lowest BCUT2D eigenvalue weighted by Gasteiger charge is -2.20. The molecule has 0 aliphatic carbocycles. The number of urea groups is 1. The van der Waals surface area contributed by atoms with Crippen molar-refractivity contribution in [3.8, 4) is 11.5 Å². The third kappa shape index (κ3) is 6.10. The topological polar surface area (TPSA) is 123 Å². The number of amides is 4. The number of thioether (sulfide) groups is 1. The van der Waals surface area contributed by atoms with E-state index in [-0.39, 0.29) is 16.6 Å². The first-order valence-corrected chi connectivity index (χ1v) is 10.7. The zero-order valence-corrected chi connectivity index (χ0v) is 18.8. The second kappa shape index (κ2) is 10.8. The highest BCUT2D eigenvalue weighted by atomic mass is 32.2. The molecule has 3 N–H and O–H groups in total. The minimum atomic E-state index is -2.99. The smallest absolute Gasteiger partial charge is 0.387 e. The van der Waals surface area contributed by atoms with Crippen molar-refractivity contribution in [3.05, 3.63) is 59.8 Å². The van der Waals surface area contributed by atoms with Crippen LogP contribution in [-0.4, -0.2) is 42.0 Å². The predicted octanol–water partition coefficient (Wildman–Crippen LogP) is 3.36. The van der Waals surface area contributed by atoms with Gasteiger partial charge in [0.1, 0.15) is 17.2 Å². The van der Waals surface area contributed by atoms with Gasteiger partial charge in [0.2, 0.25) is 5.91 Å². The number of halogens is 2. The van der Waals surface area contributed by atoms with E-state index < -0.39 is 29.7 Å². The molecule has 0 fully saturated rings. The molecule has 0 bridgehead atoms. The van der Waals surface area contributed by atoms with Crippen LogP contribution >= 0.6 is 11.8 Å². The van der Waals surface area contributed by atoms with Crippen molar-refractivity contribution in [2.75, 3.05) is 12.0 Å². The summed E-state index contributed by atoms with van der Waals surface area (Å²) in [7, 11) is 1.53. The van der Waals surface area contributed by atoms with Crippen molar-refractivity contribution in [2.24, 2.45) is 10.7 Å². The number of ether oxygens (including phenoxy) is 2. The minimum Gasteiger partial charge on any atom is -0.497 e. The summed E-state index contributed by atoms with van der Waals surface area (Å²) in [5.74, 6) is -0.606. The number of imide groups is 1. The van der Waals surface area contributed by atoms with E-state index in [1.807, 2.05) is 5.32 Å². The average molecular weight is 490 g/mol. The van der Waals surface area contributed by atoms with E-state index in [0.29, 0.717) is 17.0 Å². The molecule has 0 spiro atoms. The van der Waals surface area contributed by atoms with Crippen LogP contribution in [0.2, 0.25) is 0 Å². The Balaban J connectivity index is 1.93. The van der Waals surface area contributed by atoms with Gasteiger partial charge < -0.3 is 15.2 Å². The van der Waals surface area contributed by atoms with Crippen LogP contribution in [0, 0.1) is 0 Å². The monoisotopic (exact) mass is 490 g/mol.